The Labute approximate surface area is 135 Å². The number of benzene rings is 1. The molecule has 0 bridgehead atoms. The van der Waals surface area contributed by atoms with Crippen molar-refractivity contribution in [3.05, 3.63) is 30.3 Å². The summed E-state index contributed by atoms with van der Waals surface area (Å²) in [5, 5.41) is 11.7. The summed E-state index contributed by atoms with van der Waals surface area (Å²) < 4.78 is 26.3. The normalized spacial score (nSPS) is 21.0. The first-order chi connectivity index (χ1) is 10.9. The molecule has 0 aromatic heterocycles. The third kappa shape index (κ3) is 5.04. The van der Waals surface area contributed by atoms with Gasteiger partial charge in [-0.3, -0.25) is 9.59 Å². The fourth-order valence-corrected chi connectivity index (χ4v) is 3.67. The van der Waals surface area contributed by atoms with E-state index in [0.29, 0.717) is 19.3 Å². The highest BCUT2D eigenvalue weighted by molar-refractivity contribution is 7.89. The molecule has 0 spiro atoms. The fraction of sp³-hybridized carbons (Fsp3) is 0.467. The number of carbonyl (C=O) groups excluding carboxylic acids is 1. The number of aliphatic carboxylic acids is 1. The van der Waals surface area contributed by atoms with Crippen LogP contribution in [-0.2, 0) is 19.6 Å². The van der Waals surface area contributed by atoms with Gasteiger partial charge in [-0.15, -0.1) is 0 Å². The van der Waals surface area contributed by atoms with Crippen molar-refractivity contribution in [3.8, 4) is 0 Å². The molecule has 1 aromatic carbocycles. The van der Waals surface area contributed by atoms with Gasteiger partial charge in [0.2, 0.25) is 15.9 Å². The molecule has 126 valence electrons. The molecule has 8 heteroatoms. The molecule has 1 aliphatic carbocycles. The largest absolute Gasteiger partial charge is 0.481 e. The molecule has 0 unspecified atom stereocenters. The Morgan fingerprint density at radius 2 is 1.87 bits per heavy atom. The molecule has 1 saturated carbocycles. The molecular weight excluding hydrogens is 320 g/mol. The highest BCUT2D eigenvalue weighted by Gasteiger charge is 2.30. The number of sulfonamides is 1. The minimum Gasteiger partial charge on any atom is -0.481 e. The first kappa shape index (κ1) is 17.4. The Morgan fingerprint density at radius 1 is 1.17 bits per heavy atom. The molecule has 0 aliphatic heterocycles. The van der Waals surface area contributed by atoms with Crippen molar-refractivity contribution in [3.63, 3.8) is 0 Å². The van der Waals surface area contributed by atoms with E-state index in [1.54, 1.807) is 18.2 Å². The number of hydrogen-bond acceptors (Lipinski definition) is 4. The van der Waals surface area contributed by atoms with Gasteiger partial charge in [0, 0.05) is 19.0 Å². The van der Waals surface area contributed by atoms with Crippen molar-refractivity contribution in [1.82, 2.24) is 10.0 Å². The lowest BCUT2D eigenvalue weighted by Gasteiger charge is -2.12. The third-order valence-corrected chi connectivity index (χ3v) is 5.32. The summed E-state index contributed by atoms with van der Waals surface area (Å²) in [6.45, 7) is -0.00185. The molecule has 2 atom stereocenters. The van der Waals surface area contributed by atoms with Crippen LogP contribution in [0, 0.1) is 5.92 Å². The molecule has 0 heterocycles. The predicted octanol–water partition coefficient (Wildman–Crippen LogP) is 0.724. The second-order valence-corrected chi connectivity index (χ2v) is 7.34. The molecule has 7 nitrogen and oxygen atoms in total. The summed E-state index contributed by atoms with van der Waals surface area (Å²) in [6, 6.07) is 7.79. The zero-order valence-corrected chi connectivity index (χ0v) is 13.4. The SMILES string of the molecule is O=C(CCNS(=O)(=O)c1ccccc1)N[C@H]1CC[C@@H](C(=O)O)C1. The van der Waals surface area contributed by atoms with Crippen LogP contribution in [0.4, 0.5) is 0 Å². The number of carboxylic acid groups (broad SMARTS) is 1. The third-order valence-electron chi connectivity index (χ3n) is 3.84. The average molecular weight is 340 g/mol. The van der Waals surface area contributed by atoms with E-state index in [-0.39, 0.29) is 29.8 Å². The Bertz CT molecular complexity index is 660. The topological polar surface area (TPSA) is 113 Å². The van der Waals surface area contributed by atoms with Gasteiger partial charge in [0.25, 0.3) is 0 Å². The zero-order chi connectivity index (χ0) is 16.9. The van der Waals surface area contributed by atoms with Crippen LogP contribution in [0.5, 0.6) is 0 Å². The molecule has 1 fully saturated rings. The molecule has 1 aromatic rings. The van der Waals surface area contributed by atoms with E-state index < -0.39 is 21.9 Å². The van der Waals surface area contributed by atoms with Crippen molar-refractivity contribution in [1.29, 1.82) is 0 Å². The zero-order valence-electron chi connectivity index (χ0n) is 12.6. The van der Waals surface area contributed by atoms with Gasteiger partial charge in [-0.05, 0) is 31.4 Å². The molecule has 23 heavy (non-hydrogen) atoms. The maximum Gasteiger partial charge on any atom is 0.306 e. The van der Waals surface area contributed by atoms with Crippen molar-refractivity contribution in [2.45, 2.75) is 36.6 Å². The highest BCUT2D eigenvalue weighted by Crippen LogP contribution is 2.25. The first-order valence-corrected chi connectivity index (χ1v) is 8.93. The van der Waals surface area contributed by atoms with E-state index in [4.69, 9.17) is 5.11 Å². The summed E-state index contributed by atoms with van der Waals surface area (Å²) in [4.78, 5) is 22.8. The quantitative estimate of drug-likeness (QED) is 0.677. The van der Waals surface area contributed by atoms with Crippen LogP contribution in [0.25, 0.3) is 0 Å². The Kier molecular flexibility index (Phi) is 5.73. The van der Waals surface area contributed by atoms with Crippen LogP contribution in [0.15, 0.2) is 35.2 Å². The standard InChI is InChI=1S/C15H20N2O5S/c18-14(17-12-7-6-11(10-12)15(19)20)8-9-16-23(21,22)13-4-2-1-3-5-13/h1-5,11-12,16H,6-10H2,(H,17,18)(H,19,20)/t11-,12+/m1/s1. The summed E-state index contributed by atoms with van der Waals surface area (Å²) in [5.74, 6) is -1.52. The Hall–Kier alpha value is -1.93. The van der Waals surface area contributed by atoms with E-state index >= 15 is 0 Å². The minimum absolute atomic E-state index is 0.00185. The first-order valence-electron chi connectivity index (χ1n) is 7.45. The number of rotatable bonds is 7. The van der Waals surface area contributed by atoms with E-state index in [1.165, 1.54) is 12.1 Å². The molecule has 0 radical (unpaired) electrons. The molecule has 0 saturated heterocycles. The monoisotopic (exact) mass is 340 g/mol. The number of carbonyl (C=O) groups is 2. The second-order valence-electron chi connectivity index (χ2n) is 5.57. The van der Waals surface area contributed by atoms with Gasteiger partial charge >= 0.3 is 5.97 Å². The van der Waals surface area contributed by atoms with Gasteiger partial charge < -0.3 is 10.4 Å². The summed E-state index contributed by atoms with van der Waals surface area (Å²) >= 11 is 0. The lowest BCUT2D eigenvalue weighted by atomic mass is 10.1. The van der Waals surface area contributed by atoms with Gasteiger partial charge in [-0.2, -0.15) is 0 Å². The van der Waals surface area contributed by atoms with Crippen molar-refractivity contribution in [2.75, 3.05) is 6.54 Å². The highest BCUT2D eigenvalue weighted by atomic mass is 32.2. The second kappa shape index (κ2) is 7.56. The van der Waals surface area contributed by atoms with Crippen LogP contribution in [0.1, 0.15) is 25.7 Å². The number of hydrogen-bond donors (Lipinski definition) is 3. The summed E-state index contributed by atoms with van der Waals surface area (Å²) in [7, 11) is -3.61. The summed E-state index contributed by atoms with van der Waals surface area (Å²) in [5.41, 5.74) is 0. The smallest absolute Gasteiger partial charge is 0.306 e. The van der Waals surface area contributed by atoms with Gasteiger partial charge in [0.15, 0.2) is 0 Å². The Morgan fingerprint density at radius 3 is 2.48 bits per heavy atom. The van der Waals surface area contributed by atoms with E-state index in [1.807, 2.05) is 0 Å². The predicted molar refractivity (Wildman–Crippen MR) is 83.2 cm³/mol. The van der Waals surface area contributed by atoms with Crippen LogP contribution < -0.4 is 10.0 Å². The number of nitrogens with one attached hydrogen (secondary N) is 2. The molecule has 1 amide bonds. The maximum atomic E-state index is 12.0. The lowest BCUT2D eigenvalue weighted by Crippen LogP contribution is -2.36. The van der Waals surface area contributed by atoms with Gasteiger partial charge in [-0.1, -0.05) is 18.2 Å². The number of carboxylic acids is 1. The fourth-order valence-electron chi connectivity index (χ4n) is 2.62. The maximum absolute atomic E-state index is 12.0. The van der Waals surface area contributed by atoms with Gasteiger partial charge in [-0.25, -0.2) is 13.1 Å². The average Bonchev–Trinajstić information content (AvgIpc) is 2.96. The van der Waals surface area contributed by atoms with Crippen molar-refractivity contribution >= 4 is 21.9 Å². The van der Waals surface area contributed by atoms with Crippen LogP contribution >= 0.6 is 0 Å². The van der Waals surface area contributed by atoms with E-state index in [9.17, 15) is 18.0 Å². The minimum atomic E-state index is -3.61. The van der Waals surface area contributed by atoms with Gasteiger partial charge in [0.05, 0.1) is 10.8 Å². The summed E-state index contributed by atoms with van der Waals surface area (Å²) in [6.07, 6.45) is 1.64. The van der Waals surface area contributed by atoms with E-state index in [2.05, 4.69) is 10.0 Å². The Balaban J connectivity index is 1.74. The van der Waals surface area contributed by atoms with Crippen LogP contribution in [-0.4, -0.2) is 38.0 Å². The van der Waals surface area contributed by atoms with Gasteiger partial charge in [0.1, 0.15) is 0 Å². The molecule has 2 rings (SSSR count). The number of amides is 1. The molecular formula is C15H20N2O5S. The van der Waals surface area contributed by atoms with Crippen molar-refractivity contribution in [2.24, 2.45) is 5.92 Å². The van der Waals surface area contributed by atoms with Crippen molar-refractivity contribution < 1.29 is 23.1 Å². The molecule has 1 aliphatic rings. The molecule has 3 N–H and O–H groups in total. The van der Waals surface area contributed by atoms with E-state index in [0.717, 1.165) is 0 Å². The lowest BCUT2D eigenvalue weighted by molar-refractivity contribution is -0.141. The van der Waals surface area contributed by atoms with Crippen LogP contribution in [0.3, 0.4) is 0 Å². The van der Waals surface area contributed by atoms with Crippen LogP contribution in [0.2, 0.25) is 0 Å².